The molecule has 2 atom stereocenters. The number of ether oxygens (including phenoxy) is 1. The molecule has 2 rings (SSSR count). The Balaban J connectivity index is 1.90. The lowest BCUT2D eigenvalue weighted by Gasteiger charge is -2.17. The van der Waals surface area contributed by atoms with Gasteiger partial charge in [-0.05, 0) is 51.5 Å². The van der Waals surface area contributed by atoms with E-state index in [0.717, 1.165) is 30.4 Å². The smallest absolute Gasteiger partial charge is 0.306 e. The van der Waals surface area contributed by atoms with Crippen LogP contribution in [0.3, 0.4) is 0 Å². The fraction of sp³-hybridized carbons (Fsp3) is 0.429. The van der Waals surface area contributed by atoms with Gasteiger partial charge in [-0.3, -0.25) is 9.59 Å². The maximum Gasteiger partial charge on any atom is 0.306 e. The molecule has 0 radical (unpaired) electrons. The second kappa shape index (κ2) is 12.9. The lowest BCUT2D eigenvalue weighted by Crippen LogP contribution is -2.15. The first-order chi connectivity index (χ1) is 14.8. The second-order valence-corrected chi connectivity index (χ2v) is 8.78. The highest BCUT2D eigenvalue weighted by molar-refractivity contribution is 5.96. The van der Waals surface area contributed by atoms with Crippen LogP contribution in [0.2, 0.25) is 0 Å². The monoisotopic (exact) mass is 420 g/mol. The van der Waals surface area contributed by atoms with Crippen molar-refractivity contribution < 1.29 is 14.3 Å². The molecule has 0 heterocycles. The lowest BCUT2D eigenvalue weighted by molar-refractivity contribution is -0.144. The zero-order valence-corrected chi connectivity index (χ0v) is 19.4. The number of carbonyl (C=O) groups excluding carboxylic acids is 2. The van der Waals surface area contributed by atoms with Crippen LogP contribution in [0, 0.1) is 12.8 Å². The Kier molecular flexibility index (Phi) is 10.2. The van der Waals surface area contributed by atoms with Crippen molar-refractivity contribution in [3.8, 4) is 0 Å². The van der Waals surface area contributed by atoms with Gasteiger partial charge in [-0.25, -0.2) is 0 Å². The van der Waals surface area contributed by atoms with Crippen molar-refractivity contribution in [1.29, 1.82) is 0 Å². The first-order valence-corrected chi connectivity index (χ1v) is 11.3. The van der Waals surface area contributed by atoms with Crippen LogP contribution in [-0.4, -0.2) is 18.4 Å². The summed E-state index contributed by atoms with van der Waals surface area (Å²) in [6.45, 7) is 8.85. The highest BCUT2D eigenvalue weighted by atomic mass is 16.5. The quantitative estimate of drug-likeness (QED) is 0.210. The molecule has 3 nitrogen and oxygen atoms in total. The van der Waals surface area contributed by atoms with Gasteiger partial charge in [-0.1, -0.05) is 78.7 Å². The van der Waals surface area contributed by atoms with Crippen LogP contribution >= 0.6 is 0 Å². The Morgan fingerprint density at radius 3 is 2.26 bits per heavy atom. The summed E-state index contributed by atoms with van der Waals surface area (Å²) in [6.07, 6.45) is 5.78. The summed E-state index contributed by atoms with van der Waals surface area (Å²) in [5, 5.41) is 0. The van der Waals surface area contributed by atoms with Crippen LogP contribution in [0.5, 0.6) is 0 Å². The predicted octanol–water partition coefficient (Wildman–Crippen LogP) is 7.06. The van der Waals surface area contributed by atoms with Gasteiger partial charge < -0.3 is 4.74 Å². The van der Waals surface area contributed by atoms with E-state index in [-0.39, 0.29) is 24.1 Å². The van der Waals surface area contributed by atoms with Crippen LogP contribution in [0.25, 0.3) is 0 Å². The molecular weight excluding hydrogens is 384 g/mol. The Morgan fingerprint density at radius 2 is 1.61 bits per heavy atom. The van der Waals surface area contributed by atoms with Crippen LogP contribution in [0.15, 0.2) is 66.2 Å². The topological polar surface area (TPSA) is 43.4 Å². The number of aryl methyl sites for hydroxylation is 1. The molecular formula is C28H36O3. The fourth-order valence-corrected chi connectivity index (χ4v) is 3.55. The minimum absolute atomic E-state index is 0.0505. The molecule has 0 aliphatic rings. The highest BCUT2D eigenvalue weighted by Gasteiger charge is 2.21. The van der Waals surface area contributed by atoms with E-state index in [1.807, 2.05) is 61.5 Å². The van der Waals surface area contributed by atoms with Crippen molar-refractivity contribution in [3.05, 3.63) is 82.9 Å². The first kappa shape index (κ1) is 24.6. The molecule has 0 saturated carbocycles. The largest absolute Gasteiger partial charge is 0.466 e. The van der Waals surface area contributed by atoms with Gasteiger partial charge >= 0.3 is 5.97 Å². The predicted molar refractivity (Wildman–Crippen MR) is 127 cm³/mol. The molecule has 2 unspecified atom stereocenters. The van der Waals surface area contributed by atoms with Crippen molar-refractivity contribution in [2.24, 2.45) is 5.92 Å². The molecule has 0 aliphatic heterocycles. The minimum atomic E-state index is -0.234. The Bertz CT molecular complexity index is 846. The molecule has 0 spiro atoms. The first-order valence-electron chi connectivity index (χ1n) is 11.3. The summed E-state index contributed by atoms with van der Waals surface area (Å²) < 4.78 is 5.53. The van der Waals surface area contributed by atoms with Crippen molar-refractivity contribution in [1.82, 2.24) is 0 Å². The zero-order chi connectivity index (χ0) is 22.6. The van der Waals surface area contributed by atoms with Gasteiger partial charge in [0, 0.05) is 17.9 Å². The lowest BCUT2D eigenvalue weighted by atomic mass is 9.89. The van der Waals surface area contributed by atoms with Gasteiger partial charge in [0.2, 0.25) is 0 Å². The molecule has 0 N–H and O–H groups in total. The highest BCUT2D eigenvalue weighted by Crippen LogP contribution is 2.26. The van der Waals surface area contributed by atoms with Crippen molar-refractivity contribution in [2.75, 3.05) is 6.61 Å². The summed E-state index contributed by atoms with van der Waals surface area (Å²) >= 11 is 0. The molecule has 0 bridgehead atoms. The van der Waals surface area contributed by atoms with Gasteiger partial charge in [-0.2, -0.15) is 0 Å². The Labute approximate surface area is 187 Å². The summed E-state index contributed by atoms with van der Waals surface area (Å²) in [5.41, 5.74) is 4.14. The third kappa shape index (κ3) is 9.33. The van der Waals surface area contributed by atoms with E-state index in [1.165, 1.54) is 5.57 Å². The standard InChI is InChI=1S/C28H36O3/c1-21(2)9-8-10-22(3)17-18-31-28(30)20-26(24-11-6-5-7-12-24)19-27(29)25-15-13-23(4)14-16-25/h5-7,9,11-16,22,26H,8,10,17-20H2,1-4H3. The van der Waals surface area contributed by atoms with E-state index in [2.05, 4.69) is 26.8 Å². The SMILES string of the molecule is CC(C)=CCCC(C)CCOC(=O)CC(CC(=O)c1ccc(C)cc1)c1ccccc1. The average Bonchev–Trinajstić information content (AvgIpc) is 2.74. The van der Waals surface area contributed by atoms with Gasteiger partial charge in [-0.15, -0.1) is 0 Å². The number of carbonyl (C=O) groups is 2. The van der Waals surface area contributed by atoms with E-state index in [4.69, 9.17) is 4.74 Å². The zero-order valence-electron chi connectivity index (χ0n) is 19.4. The Hall–Kier alpha value is -2.68. The second-order valence-electron chi connectivity index (χ2n) is 8.78. The third-order valence-corrected chi connectivity index (χ3v) is 5.58. The van der Waals surface area contributed by atoms with Crippen LogP contribution < -0.4 is 0 Å². The number of hydrogen-bond acceptors (Lipinski definition) is 3. The summed E-state index contributed by atoms with van der Waals surface area (Å²) in [6, 6.07) is 17.4. The minimum Gasteiger partial charge on any atom is -0.466 e. The van der Waals surface area contributed by atoms with Crippen molar-refractivity contribution in [2.45, 2.75) is 65.7 Å². The average molecular weight is 421 g/mol. The summed E-state index contributed by atoms with van der Waals surface area (Å²) in [7, 11) is 0. The molecule has 0 saturated heterocycles. The van der Waals surface area contributed by atoms with E-state index < -0.39 is 0 Å². The fourth-order valence-electron chi connectivity index (χ4n) is 3.55. The van der Waals surface area contributed by atoms with E-state index in [1.54, 1.807) is 0 Å². The summed E-state index contributed by atoms with van der Waals surface area (Å²) in [5.74, 6) is 0.144. The number of rotatable bonds is 12. The molecule has 0 fully saturated rings. The van der Waals surface area contributed by atoms with Crippen molar-refractivity contribution in [3.63, 3.8) is 0 Å². The van der Waals surface area contributed by atoms with Crippen LogP contribution in [-0.2, 0) is 9.53 Å². The van der Waals surface area contributed by atoms with Crippen LogP contribution in [0.4, 0.5) is 0 Å². The molecule has 166 valence electrons. The van der Waals surface area contributed by atoms with E-state index in [9.17, 15) is 9.59 Å². The van der Waals surface area contributed by atoms with E-state index >= 15 is 0 Å². The van der Waals surface area contributed by atoms with E-state index in [0.29, 0.717) is 24.5 Å². The van der Waals surface area contributed by atoms with Gasteiger partial charge in [0.15, 0.2) is 5.78 Å². The normalized spacial score (nSPS) is 12.6. The molecule has 0 aromatic heterocycles. The maximum atomic E-state index is 12.8. The summed E-state index contributed by atoms with van der Waals surface area (Å²) in [4.78, 5) is 25.3. The molecule has 31 heavy (non-hydrogen) atoms. The van der Waals surface area contributed by atoms with Crippen LogP contribution in [0.1, 0.15) is 80.3 Å². The van der Waals surface area contributed by atoms with Gasteiger partial charge in [0.05, 0.1) is 13.0 Å². The third-order valence-electron chi connectivity index (χ3n) is 5.58. The number of Topliss-reactive ketones (excluding diaryl/α,β-unsaturated/α-hetero) is 1. The number of hydrogen-bond donors (Lipinski definition) is 0. The Morgan fingerprint density at radius 1 is 0.935 bits per heavy atom. The number of esters is 1. The molecule has 2 aromatic carbocycles. The maximum absolute atomic E-state index is 12.8. The number of benzene rings is 2. The molecule has 0 amide bonds. The van der Waals surface area contributed by atoms with Gasteiger partial charge in [0.1, 0.15) is 0 Å². The van der Waals surface area contributed by atoms with Gasteiger partial charge in [0.25, 0.3) is 0 Å². The molecule has 0 aliphatic carbocycles. The number of ketones is 1. The molecule has 2 aromatic rings. The molecule has 3 heteroatoms. The van der Waals surface area contributed by atoms with Crippen molar-refractivity contribution >= 4 is 11.8 Å². The number of allylic oxidation sites excluding steroid dienone is 2.